The molecule has 2 atom stereocenters. The van der Waals surface area contributed by atoms with Crippen molar-refractivity contribution in [2.45, 2.75) is 38.5 Å². The molecule has 1 saturated carbocycles. The van der Waals surface area contributed by atoms with Crippen LogP contribution < -0.4 is 0 Å². The summed E-state index contributed by atoms with van der Waals surface area (Å²) in [6.07, 6.45) is 3.31. The van der Waals surface area contributed by atoms with Crippen molar-refractivity contribution in [2.75, 3.05) is 0 Å². The highest BCUT2D eigenvalue weighted by atomic mass is 16.4. The smallest absolute Gasteiger partial charge is 0.306 e. The fourth-order valence-corrected chi connectivity index (χ4v) is 2.71. The summed E-state index contributed by atoms with van der Waals surface area (Å²) in [4.78, 5) is 11.0. The molecule has 1 aliphatic carbocycles. The molecule has 1 aromatic rings. The van der Waals surface area contributed by atoms with Crippen LogP contribution in [0.4, 0.5) is 0 Å². The summed E-state index contributed by atoms with van der Waals surface area (Å²) < 4.78 is 0. The number of para-hydroxylation sites is 1. The van der Waals surface area contributed by atoms with Gasteiger partial charge in [-0.25, -0.2) is 0 Å². The summed E-state index contributed by atoms with van der Waals surface area (Å²) in [6.45, 7) is 1.87. The zero-order chi connectivity index (χ0) is 12.4. The van der Waals surface area contributed by atoms with Crippen molar-refractivity contribution in [2.24, 2.45) is 5.92 Å². The fraction of sp³-hybridized carbons (Fsp3) is 0.500. The van der Waals surface area contributed by atoms with Gasteiger partial charge in [-0.2, -0.15) is 0 Å². The molecule has 1 fully saturated rings. The highest BCUT2D eigenvalue weighted by Crippen LogP contribution is 2.40. The minimum Gasteiger partial charge on any atom is -0.507 e. The summed E-state index contributed by atoms with van der Waals surface area (Å²) in [6, 6.07) is 5.71. The Morgan fingerprint density at radius 2 is 2.12 bits per heavy atom. The number of phenols is 1. The van der Waals surface area contributed by atoms with E-state index in [1.165, 1.54) is 0 Å². The summed E-state index contributed by atoms with van der Waals surface area (Å²) >= 11 is 0. The third kappa shape index (κ3) is 2.43. The molecule has 92 valence electrons. The number of carboxylic acids is 1. The van der Waals surface area contributed by atoms with E-state index in [0.29, 0.717) is 12.2 Å². The van der Waals surface area contributed by atoms with E-state index in [-0.39, 0.29) is 11.8 Å². The second kappa shape index (κ2) is 4.78. The van der Waals surface area contributed by atoms with Gasteiger partial charge in [-0.05, 0) is 43.2 Å². The first-order valence-electron chi connectivity index (χ1n) is 6.11. The Kier molecular flexibility index (Phi) is 3.36. The molecule has 3 heteroatoms. The maximum absolute atomic E-state index is 11.0. The first-order chi connectivity index (χ1) is 8.09. The van der Waals surface area contributed by atoms with Gasteiger partial charge in [0.1, 0.15) is 5.75 Å². The Labute approximate surface area is 101 Å². The molecular formula is C14H18O3. The van der Waals surface area contributed by atoms with E-state index in [1.807, 2.05) is 25.1 Å². The van der Waals surface area contributed by atoms with Gasteiger partial charge in [0.05, 0.1) is 5.92 Å². The van der Waals surface area contributed by atoms with Gasteiger partial charge in [0.2, 0.25) is 0 Å². The number of aromatic hydroxyl groups is 1. The molecule has 2 rings (SSSR count). The van der Waals surface area contributed by atoms with Crippen molar-refractivity contribution in [3.63, 3.8) is 0 Å². The second-order valence-corrected chi connectivity index (χ2v) is 4.91. The van der Waals surface area contributed by atoms with Crippen LogP contribution in [-0.4, -0.2) is 16.2 Å². The largest absolute Gasteiger partial charge is 0.507 e. The Balaban J connectivity index is 2.22. The first kappa shape index (κ1) is 12.0. The number of aliphatic carboxylic acids is 1. The average Bonchev–Trinajstić information content (AvgIpc) is 2.33. The molecule has 1 aliphatic rings. The van der Waals surface area contributed by atoms with Crippen LogP contribution in [0, 0.1) is 12.8 Å². The van der Waals surface area contributed by atoms with Crippen molar-refractivity contribution >= 4 is 5.97 Å². The standard InChI is InChI=1S/C14H18O3/c1-9-4-2-7-12(13(9)15)10-5-3-6-11(8-10)14(16)17/h2,4,7,10-11,15H,3,5-6,8H2,1H3,(H,16,17). The van der Waals surface area contributed by atoms with E-state index in [2.05, 4.69) is 0 Å². The Morgan fingerprint density at radius 1 is 1.35 bits per heavy atom. The molecule has 0 bridgehead atoms. The monoisotopic (exact) mass is 234 g/mol. The molecule has 0 aromatic heterocycles. The van der Waals surface area contributed by atoms with Gasteiger partial charge in [0.25, 0.3) is 0 Å². The first-order valence-corrected chi connectivity index (χ1v) is 6.11. The summed E-state index contributed by atoms with van der Waals surface area (Å²) in [5, 5.41) is 19.1. The molecule has 0 aliphatic heterocycles. The van der Waals surface area contributed by atoms with Gasteiger partial charge in [-0.3, -0.25) is 4.79 Å². The molecule has 3 nitrogen and oxygen atoms in total. The fourth-order valence-electron chi connectivity index (χ4n) is 2.71. The number of phenolic OH excluding ortho intramolecular Hbond substituents is 1. The molecule has 2 N–H and O–H groups in total. The van der Waals surface area contributed by atoms with Crippen LogP contribution in [0.2, 0.25) is 0 Å². The zero-order valence-corrected chi connectivity index (χ0v) is 10.0. The number of carboxylic acid groups (broad SMARTS) is 1. The number of hydrogen-bond acceptors (Lipinski definition) is 2. The maximum Gasteiger partial charge on any atom is 0.306 e. The van der Waals surface area contributed by atoms with Crippen LogP contribution in [0.1, 0.15) is 42.7 Å². The summed E-state index contributed by atoms with van der Waals surface area (Å²) in [5.74, 6) is -0.441. The van der Waals surface area contributed by atoms with Crippen LogP contribution in [0.15, 0.2) is 18.2 Å². The lowest BCUT2D eigenvalue weighted by Crippen LogP contribution is -2.21. The maximum atomic E-state index is 11.0. The molecule has 0 saturated heterocycles. The number of carbonyl (C=O) groups is 1. The highest BCUT2D eigenvalue weighted by molar-refractivity contribution is 5.70. The van der Waals surface area contributed by atoms with Gasteiger partial charge in [-0.1, -0.05) is 24.6 Å². The van der Waals surface area contributed by atoms with Crippen molar-refractivity contribution in [3.05, 3.63) is 29.3 Å². The lowest BCUT2D eigenvalue weighted by atomic mass is 9.77. The Morgan fingerprint density at radius 3 is 2.82 bits per heavy atom. The van der Waals surface area contributed by atoms with Crippen LogP contribution in [0.5, 0.6) is 5.75 Å². The van der Waals surface area contributed by atoms with Crippen LogP contribution in [0.25, 0.3) is 0 Å². The van der Waals surface area contributed by atoms with Crippen molar-refractivity contribution in [1.29, 1.82) is 0 Å². The van der Waals surface area contributed by atoms with Crippen LogP contribution in [-0.2, 0) is 4.79 Å². The quantitative estimate of drug-likeness (QED) is 0.826. The van der Waals surface area contributed by atoms with E-state index in [1.54, 1.807) is 0 Å². The molecule has 2 unspecified atom stereocenters. The van der Waals surface area contributed by atoms with E-state index < -0.39 is 5.97 Å². The normalized spacial score (nSPS) is 24.5. The third-order valence-electron chi connectivity index (χ3n) is 3.73. The second-order valence-electron chi connectivity index (χ2n) is 4.91. The average molecular weight is 234 g/mol. The van der Waals surface area contributed by atoms with E-state index in [4.69, 9.17) is 5.11 Å². The molecule has 1 aromatic carbocycles. The van der Waals surface area contributed by atoms with Gasteiger partial charge in [-0.15, -0.1) is 0 Å². The third-order valence-corrected chi connectivity index (χ3v) is 3.73. The number of hydrogen-bond donors (Lipinski definition) is 2. The SMILES string of the molecule is Cc1cccc(C2CCCC(C(=O)O)C2)c1O. The minimum absolute atomic E-state index is 0.185. The zero-order valence-electron chi connectivity index (χ0n) is 10.0. The van der Waals surface area contributed by atoms with E-state index >= 15 is 0 Å². The Hall–Kier alpha value is -1.51. The predicted octanol–water partition coefficient (Wildman–Crippen LogP) is 3.06. The molecular weight excluding hydrogens is 216 g/mol. The molecule has 0 heterocycles. The molecule has 0 spiro atoms. The molecule has 17 heavy (non-hydrogen) atoms. The van der Waals surface area contributed by atoms with Gasteiger partial charge < -0.3 is 10.2 Å². The number of benzene rings is 1. The van der Waals surface area contributed by atoms with E-state index in [0.717, 1.165) is 30.4 Å². The summed E-state index contributed by atoms with van der Waals surface area (Å²) in [5.41, 5.74) is 1.77. The lowest BCUT2D eigenvalue weighted by Gasteiger charge is -2.27. The van der Waals surface area contributed by atoms with Crippen LogP contribution in [0.3, 0.4) is 0 Å². The van der Waals surface area contributed by atoms with Gasteiger partial charge in [0.15, 0.2) is 0 Å². The lowest BCUT2D eigenvalue weighted by molar-refractivity contribution is -0.143. The Bertz CT molecular complexity index is 425. The number of aryl methyl sites for hydroxylation is 1. The van der Waals surface area contributed by atoms with Crippen molar-refractivity contribution in [3.8, 4) is 5.75 Å². The van der Waals surface area contributed by atoms with Crippen LogP contribution >= 0.6 is 0 Å². The van der Waals surface area contributed by atoms with Gasteiger partial charge in [0, 0.05) is 0 Å². The summed E-state index contributed by atoms with van der Waals surface area (Å²) in [7, 11) is 0. The van der Waals surface area contributed by atoms with Gasteiger partial charge >= 0.3 is 5.97 Å². The highest BCUT2D eigenvalue weighted by Gasteiger charge is 2.29. The van der Waals surface area contributed by atoms with Crippen molar-refractivity contribution in [1.82, 2.24) is 0 Å². The van der Waals surface area contributed by atoms with E-state index in [9.17, 15) is 9.90 Å². The minimum atomic E-state index is -0.707. The predicted molar refractivity (Wildman–Crippen MR) is 65.2 cm³/mol. The molecule has 0 radical (unpaired) electrons. The van der Waals surface area contributed by atoms with Crippen molar-refractivity contribution < 1.29 is 15.0 Å². The topological polar surface area (TPSA) is 57.5 Å². The number of rotatable bonds is 2. The molecule has 0 amide bonds.